The Hall–Kier alpha value is -2.54. The predicted molar refractivity (Wildman–Crippen MR) is 90.4 cm³/mol. The maximum atomic E-state index is 12.7. The number of rotatable bonds is 3. The van der Waals surface area contributed by atoms with Gasteiger partial charge in [-0.1, -0.05) is 17.7 Å². The van der Waals surface area contributed by atoms with Crippen molar-refractivity contribution in [3.05, 3.63) is 57.5 Å². The van der Waals surface area contributed by atoms with E-state index in [2.05, 4.69) is 14.7 Å². The van der Waals surface area contributed by atoms with E-state index in [1.165, 1.54) is 6.07 Å². The summed E-state index contributed by atoms with van der Waals surface area (Å²) in [7, 11) is -3.75. The molecule has 0 fully saturated rings. The number of nitrogens with one attached hydrogen (secondary N) is 3. The second kappa shape index (κ2) is 5.27. The van der Waals surface area contributed by atoms with Gasteiger partial charge in [0.15, 0.2) is 0 Å². The highest BCUT2D eigenvalue weighted by molar-refractivity contribution is 7.92. The summed E-state index contributed by atoms with van der Waals surface area (Å²) in [5.41, 5.74) is 3.69. The molecule has 0 radical (unpaired) electrons. The molecular formula is C16H17N3O3S. The van der Waals surface area contributed by atoms with Crippen LogP contribution in [0.2, 0.25) is 0 Å². The summed E-state index contributed by atoms with van der Waals surface area (Å²) in [6.45, 7) is 5.50. The van der Waals surface area contributed by atoms with E-state index < -0.39 is 10.0 Å². The summed E-state index contributed by atoms with van der Waals surface area (Å²) in [6.07, 6.45) is 0. The first-order valence-electron chi connectivity index (χ1n) is 7.09. The third-order valence-corrected chi connectivity index (χ3v) is 5.23. The predicted octanol–water partition coefficient (Wildman–Crippen LogP) is 2.58. The normalized spacial score (nSPS) is 11.8. The van der Waals surface area contributed by atoms with Crippen LogP contribution in [0.4, 0.5) is 5.69 Å². The van der Waals surface area contributed by atoms with Crippen LogP contribution in [0.5, 0.6) is 0 Å². The first kappa shape index (κ1) is 15.4. The number of aryl methyl sites for hydroxylation is 3. The van der Waals surface area contributed by atoms with Crippen molar-refractivity contribution in [2.75, 3.05) is 4.72 Å². The molecule has 3 aromatic rings. The van der Waals surface area contributed by atoms with Crippen LogP contribution in [0.25, 0.3) is 11.0 Å². The number of H-pyrrole nitrogens is 2. The van der Waals surface area contributed by atoms with Gasteiger partial charge in [-0.3, -0.25) is 4.72 Å². The zero-order valence-corrected chi connectivity index (χ0v) is 13.8. The zero-order chi connectivity index (χ0) is 16.8. The van der Waals surface area contributed by atoms with Gasteiger partial charge >= 0.3 is 5.69 Å². The number of fused-ring (bicyclic) bond motifs is 1. The van der Waals surface area contributed by atoms with Gasteiger partial charge in [0, 0.05) is 0 Å². The van der Waals surface area contributed by atoms with Crippen LogP contribution in [0.3, 0.4) is 0 Å². The Morgan fingerprint density at radius 3 is 2.22 bits per heavy atom. The maximum absolute atomic E-state index is 12.7. The van der Waals surface area contributed by atoms with E-state index in [1.807, 2.05) is 26.0 Å². The van der Waals surface area contributed by atoms with Gasteiger partial charge in [0.1, 0.15) is 0 Å². The van der Waals surface area contributed by atoms with Crippen molar-refractivity contribution in [1.29, 1.82) is 0 Å². The van der Waals surface area contributed by atoms with E-state index in [4.69, 9.17) is 0 Å². The van der Waals surface area contributed by atoms with Gasteiger partial charge in [0.25, 0.3) is 10.0 Å². The Morgan fingerprint density at radius 2 is 1.57 bits per heavy atom. The van der Waals surface area contributed by atoms with Crippen molar-refractivity contribution in [3.63, 3.8) is 0 Å². The maximum Gasteiger partial charge on any atom is 0.323 e. The molecule has 6 nitrogen and oxygen atoms in total. The second-order valence-electron chi connectivity index (χ2n) is 5.67. The van der Waals surface area contributed by atoms with Crippen LogP contribution in [0.1, 0.15) is 16.7 Å². The molecule has 0 amide bonds. The van der Waals surface area contributed by atoms with Crippen molar-refractivity contribution in [2.45, 2.75) is 25.7 Å². The Labute approximate surface area is 133 Å². The standard InChI is InChI=1S/C16H17N3O3S/c1-9-4-5-12(10(2)6-9)19-23(21,22)15-8-14-13(7-11(15)3)17-16(20)18-14/h4-8,19H,1-3H3,(H2,17,18,20). The summed E-state index contributed by atoms with van der Waals surface area (Å²) in [5.74, 6) is 0. The van der Waals surface area contributed by atoms with Crippen LogP contribution >= 0.6 is 0 Å². The van der Waals surface area contributed by atoms with Gasteiger partial charge in [-0.25, -0.2) is 13.2 Å². The molecule has 0 aliphatic carbocycles. The zero-order valence-electron chi connectivity index (χ0n) is 13.0. The number of hydrogen-bond donors (Lipinski definition) is 3. The minimum Gasteiger partial charge on any atom is -0.306 e. The lowest BCUT2D eigenvalue weighted by Crippen LogP contribution is -2.15. The largest absolute Gasteiger partial charge is 0.323 e. The number of imidazole rings is 1. The molecule has 1 aromatic heterocycles. The fourth-order valence-electron chi connectivity index (χ4n) is 2.59. The molecule has 2 aromatic carbocycles. The second-order valence-corrected chi connectivity index (χ2v) is 7.32. The molecule has 0 saturated heterocycles. The molecule has 0 aliphatic heterocycles. The molecule has 0 bridgehead atoms. The molecule has 0 atom stereocenters. The fourth-order valence-corrected chi connectivity index (χ4v) is 3.97. The van der Waals surface area contributed by atoms with Crippen LogP contribution in [0.15, 0.2) is 40.0 Å². The summed E-state index contributed by atoms with van der Waals surface area (Å²) >= 11 is 0. The molecule has 3 rings (SSSR count). The lowest BCUT2D eigenvalue weighted by Gasteiger charge is -2.13. The highest BCUT2D eigenvalue weighted by Crippen LogP contribution is 2.24. The van der Waals surface area contributed by atoms with Crippen molar-refractivity contribution in [2.24, 2.45) is 0 Å². The fraction of sp³-hybridized carbons (Fsp3) is 0.188. The van der Waals surface area contributed by atoms with Crippen LogP contribution < -0.4 is 10.4 Å². The molecular weight excluding hydrogens is 314 g/mol. The molecule has 120 valence electrons. The van der Waals surface area contributed by atoms with Crippen LogP contribution in [0, 0.1) is 20.8 Å². The lowest BCUT2D eigenvalue weighted by molar-refractivity contribution is 0.600. The van der Waals surface area contributed by atoms with Gasteiger partial charge < -0.3 is 9.97 Å². The van der Waals surface area contributed by atoms with E-state index in [1.54, 1.807) is 19.1 Å². The van der Waals surface area contributed by atoms with E-state index in [-0.39, 0.29) is 10.6 Å². The van der Waals surface area contributed by atoms with Crippen molar-refractivity contribution in [3.8, 4) is 0 Å². The smallest absolute Gasteiger partial charge is 0.306 e. The number of benzene rings is 2. The SMILES string of the molecule is Cc1ccc(NS(=O)(=O)c2cc3[nH]c(=O)[nH]c3cc2C)c(C)c1. The quantitative estimate of drug-likeness (QED) is 0.688. The van der Waals surface area contributed by atoms with E-state index in [9.17, 15) is 13.2 Å². The Kier molecular flexibility index (Phi) is 3.52. The van der Waals surface area contributed by atoms with Crippen molar-refractivity contribution >= 4 is 26.7 Å². The van der Waals surface area contributed by atoms with Crippen LogP contribution in [-0.4, -0.2) is 18.4 Å². The van der Waals surface area contributed by atoms with E-state index >= 15 is 0 Å². The average Bonchev–Trinajstić information content (AvgIpc) is 2.80. The van der Waals surface area contributed by atoms with Gasteiger partial charge in [0.2, 0.25) is 0 Å². The Morgan fingerprint density at radius 1 is 0.913 bits per heavy atom. The molecule has 1 heterocycles. The number of aromatic amines is 2. The lowest BCUT2D eigenvalue weighted by atomic mass is 10.1. The van der Waals surface area contributed by atoms with Gasteiger partial charge in [-0.15, -0.1) is 0 Å². The minimum absolute atomic E-state index is 0.139. The molecule has 0 saturated carbocycles. The molecule has 0 spiro atoms. The Bertz CT molecular complexity index is 1060. The molecule has 23 heavy (non-hydrogen) atoms. The van der Waals surface area contributed by atoms with Crippen molar-refractivity contribution < 1.29 is 8.42 Å². The summed E-state index contributed by atoms with van der Waals surface area (Å²) < 4.78 is 28.0. The summed E-state index contributed by atoms with van der Waals surface area (Å²) in [5, 5.41) is 0. The topological polar surface area (TPSA) is 94.8 Å². The molecule has 3 N–H and O–H groups in total. The third-order valence-electron chi connectivity index (χ3n) is 3.73. The van der Waals surface area contributed by atoms with Crippen molar-refractivity contribution in [1.82, 2.24) is 9.97 Å². The van der Waals surface area contributed by atoms with E-state index in [0.29, 0.717) is 22.3 Å². The third kappa shape index (κ3) is 2.87. The number of sulfonamides is 1. The number of aromatic nitrogens is 2. The molecule has 7 heteroatoms. The number of anilines is 1. The van der Waals surface area contributed by atoms with Gasteiger partial charge in [-0.05, 0) is 50.1 Å². The number of hydrogen-bond acceptors (Lipinski definition) is 3. The first-order valence-corrected chi connectivity index (χ1v) is 8.57. The van der Waals surface area contributed by atoms with Crippen LogP contribution in [-0.2, 0) is 10.0 Å². The van der Waals surface area contributed by atoms with Gasteiger partial charge in [-0.2, -0.15) is 0 Å². The summed E-state index contributed by atoms with van der Waals surface area (Å²) in [6, 6.07) is 8.62. The highest BCUT2D eigenvalue weighted by Gasteiger charge is 2.19. The summed E-state index contributed by atoms with van der Waals surface area (Å²) in [4.78, 5) is 16.7. The molecule has 0 unspecified atom stereocenters. The Balaban J connectivity index is 2.08. The van der Waals surface area contributed by atoms with E-state index in [0.717, 1.165) is 11.1 Å². The monoisotopic (exact) mass is 331 g/mol. The first-order chi connectivity index (χ1) is 10.8. The minimum atomic E-state index is -3.75. The van der Waals surface area contributed by atoms with Gasteiger partial charge in [0.05, 0.1) is 21.6 Å². The highest BCUT2D eigenvalue weighted by atomic mass is 32.2. The molecule has 0 aliphatic rings. The average molecular weight is 331 g/mol.